The van der Waals surface area contributed by atoms with E-state index < -0.39 is 37.4 Å². The van der Waals surface area contributed by atoms with Crippen LogP contribution in [0.3, 0.4) is 0 Å². The van der Waals surface area contributed by atoms with Gasteiger partial charge in [0.05, 0.1) is 13.2 Å². The molecule has 30 heavy (non-hydrogen) atoms. The molecule has 2 fully saturated rings. The summed E-state index contributed by atoms with van der Waals surface area (Å²) in [6, 6.07) is -1.26. The number of rotatable bonds is 10. The van der Waals surface area contributed by atoms with Gasteiger partial charge in [-0.05, 0) is 46.0 Å². The fourth-order valence-electron chi connectivity index (χ4n) is 4.21. The van der Waals surface area contributed by atoms with E-state index in [9.17, 15) is 24.2 Å². The van der Waals surface area contributed by atoms with Crippen LogP contribution in [0.15, 0.2) is 0 Å². The summed E-state index contributed by atoms with van der Waals surface area (Å²) in [5.74, 6) is -1.30. The molecule has 2 saturated heterocycles. The molecule has 0 spiro atoms. The topological polar surface area (TPSA) is 117 Å². The van der Waals surface area contributed by atoms with Crippen molar-refractivity contribution in [1.29, 1.82) is 0 Å². The van der Waals surface area contributed by atoms with Crippen molar-refractivity contribution < 1.29 is 33.6 Å². The van der Waals surface area contributed by atoms with Crippen LogP contribution >= 0.6 is 7.44 Å². The number of carbonyl (C=O) groups excluding carboxylic acids is 3. The number of hydrogen-bond acceptors (Lipinski definition) is 7. The van der Waals surface area contributed by atoms with Crippen molar-refractivity contribution in [2.75, 3.05) is 39.5 Å². The molecule has 2 aliphatic rings. The van der Waals surface area contributed by atoms with E-state index >= 15 is 0 Å². The Bertz CT molecular complexity index is 633. The summed E-state index contributed by atoms with van der Waals surface area (Å²) < 4.78 is 28.3. The average molecular weight is 447 g/mol. The number of ether oxygens (including phenoxy) is 2. The van der Waals surface area contributed by atoms with Gasteiger partial charge in [0.25, 0.3) is 0 Å². The predicted molar refractivity (Wildman–Crippen MR) is 109 cm³/mol. The van der Waals surface area contributed by atoms with Crippen molar-refractivity contribution in [3.8, 4) is 0 Å². The van der Waals surface area contributed by atoms with Crippen molar-refractivity contribution in [2.45, 2.75) is 64.5 Å². The Morgan fingerprint density at radius 2 is 1.47 bits per heavy atom. The smallest absolute Gasteiger partial charge is 0.323 e. The highest BCUT2D eigenvalue weighted by Crippen LogP contribution is 2.59. The number of hydroxylamine groups is 2. The Balaban J connectivity index is 2.29. The second-order valence-corrected chi connectivity index (χ2v) is 10.4. The summed E-state index contributed by atoms with van der Waals surface area (Å²) in [5.41, 5.74) is 0. The molecule has 0 radical (unpaired) electrons. The van der Waals surface area contributed by atoms with Crippen LogP contribution in [0.4, 0.5) is 0 Å². The molecule has 11 heteroatoms. The molecular weight excluding hydrogens is 413 g/mol. The van der Waals surface area contributed by atoms with Crippen LogP contribution in [0, 0.1) is 0 Å². The van der Waals surface area contributed by atoms with E-state index in [0.29, 0.717) is 43.8 Å². The fourth-order valence-corrected chi connectivity index (χ4v) is 7.79. The summed E-state index contributed by atoms with van der Waals surface area (Å²) in [6.07, 6.45) is 2.90. The Hall–Kier alpha value is -1.48. The van der Waals surface area contributed by atoms with Crippen LogP contribution in [0.1, 0.15) is 52.4 Å². The van der Waals surface area contributed by atoms with Gasteiger partial charge in [0.2, 0.25) is 13.4 Å². The lowest BCUT2D eigenvalue weighted by atomic mass is 10.2. The van der Waals surface area contributed by atoms with Crippen LogP contribution in [-0.2, 0) is 28.4 Å². The molecule has 1 amide bonds. The molecule has 10 nitrogen and oxygen atoms in total. The number of carbonyl (C=O) groups is 3. The highest BCUT2D eigenvalue weighted by Gasteiger charge is 2.50. The zero-order chi connectivity index (χ0) is 22.3. The summed E-state index contributed by atoms with van der Waals surface area (Å²) in [6.45, 7) is 4.84. The van der Waals surface area contributed by atoms with Crippen molar-refractivity contribution in [1.82, 2.24) is 14.4 Å². The lowest BCUT2D eigenvalue weighted by Crippen LogP contribution is -2.44. The molecule has 172 valence electrons. The molecule has 0 unspecified atom stereocenters. The highest BCUT2D eigenvalue weighted by molar-refractivity contribution is 7.59. The predicted octanol–water partition coefficient (Wildman–Crippen LogP) is 1.86. The van der Waals surface area contributed by atoms with Gasteiger partial charge in [-0.1, -0.05) is 0 Å². The molecule has 0 aromatic carbocycles. The minimum Gasteiger partial charge on any atom is -0.465 e. The second kappa shape index (κ2) is 11.2. The molecule has 0 aliphatic carbocycles. The first kappa shape index (κ1) is 24.8. The zero-order valence-electron chi connectivity index (χ0n) is 18.1. The number of esters is 2. The third-order valence-corrected chi connectivity index (χ3v) is 9.03. The first-order valence-electron chi connectivity index (χ1n) is 10.7. The minimum absolute atomic E-state index is 0.0207. The average Bonchev–Trinajstić information content (AvgIpc) is 3.38. The molecule has 2 heterocycles. The van der Waals surface area contributed by atoms with Gasteiger partial charge in [-0.2, -0.15) is 0 Å². The molecule has 0 aromatic heterocycles. The van der Waals surface area contributed by atoms with E-state index in [1.807, 2.05) is 0 Å². The van der Waals surface area contributed by atoms with Crippen molar-refractivity contribution in [3.63, 3.8) is 0 Å². The molecule has 0 bridgehead atoms. The van der Waals surface area contributed by atoms with Crippen LogP contribution in [0.2, 0.25) is 0 Å². The molecule has 2 aliphatic heterocycles. The van der Waals surface area contributed by atoms with Gasteiger partial charge < -0.3 is 9.47 Å². The summed E-state index contributed by atoms with van der Waals surface area (Å²) >= 11 is 0. The molecule has 1 N–H and O–H groups in total. The number of amides is 1. The normalized spacial score (nSPS) is 22.8. The molecule has 2 rings (SSSR count). The van der Waals surface area contributed by atoms with Crippen LogP contribution in [0.25, 0.3) is 0 Å². The monoisotopic (exact) mass is 447 g/mol. The van der Waals surface area contributed by atoms with Gasteiger partial charge in [0, 0.05) is 32.7 Å². The van der Waals surface area contributed by atoms with Gasteiger partial charge in [-0.25, -0.2) is 14.4 Å². The van der Waals surface area contributed by atoms with Gasteiger partial charge in [0.15, 0.2) is 0 Å². The summed E-state index contributed by atoms with van der Waals surface area (Å²) in [5, 5.41) is 9.81. The van der Waals surface area contributed by atoms with Crippen LogP contribution in [-0.4, -0.2) is 89.1 Å². The lowest BCUT2D eigenvalue weighted by molar-refractivity contribution is -0.159. The van der Waals surface area contributed by atoms with E-state index in [4.69, 9.17) is 9.47 Å². The third kappa shape index (κ3) is 5.60. The summed E-state index contributed by atoms with van der Waals surface area (Å²) in [7, 11) is -2.11. The van der Waals surface area contributed by atoms with E-state index in [0.717, 1.165) is 0 Å². The first-order valence-corrected chi connectivity index (χ1v) is 12.5. The largest absolute Gasteiger partial charge is 0.465 e. The standard InChI is InChI=1S/C19H34N3O7P/c1-4-28-18(24)15-9-6-12-21(15)30(27,14-8-11-17(23)20(3)26)22-13-7-10-16(22)19(25)29-5-2/h15-16,26H,4-14H2,1-3H3/t15-,16-/m0/s1. The number of nitrogens with zero attached hydrogens (tertiary/aromatic N) is 3. The summed E-state index contributed by atoms with van der Waals surface area (Å²) in [4.78, 5) is 36.8. The van der Waals surface area contributed by atoms with Gasteiger partial charge in [0.1, 0.15) is 12.1 Å². The van der Waals surface area contributed by atoms with E-state index in [2.05, 4.69) is 0 Å². The lowest BCUT2D eigenvalue weighted by Gasteiger charge is -2.39. The highest BCUT2D eigenvalue weighted by atomic mass is 31.2. The van der Waals surface area contributed by atoms with Crippen molar-refractivity contribution >= 4 is 25.3 Å². The third-order valence-electron chi connectivity index (χ3n) is 5.57. The van der Waals surface area contributed by atoms with E-state index in [-0.39, 0.29) is 32.2 Å². The van der Waals surface area contributed by atoms with Crippen molar-refractivity contribution in [2.24, 2.45) is 0 Å². The Morgan fingerprint density at radius 1 is 1.00 bits per heavy atom. The van der Waals surface area contributed by atoms with Gasteiger partial charge in [-0.15, -0.1) is 0 Å². The maximum Gasteiger partial charge on any atom is 0.323 e. The first-order chi connectivity index (χ1) is 14.3. The van der Waals surface area contributed by atoms with E-state index in [1.54, 1.807) is 23.2 Å². The number of hydrogen-bond donors (Lipinski definition) is 1. The fraction of sp³-hybridized carbons (Fsp3) is 0.842. The Morgan fingerprint density at radius 3 is 1.87 bits per heavy atom. The SMILES string of the molecule is CCOC(=O)[C@@H]1CCCN1P(=O)(CCCC(=O)N(C)O)N1CCC[C@H]1C(=O)OCC. The maximum absolute atomic E-state index is 14.5. The zero-order valence-corrected chi connectivity index (χ0v) is 19.0. The molecule has 0 aromatic rings. The van der Waals surface area contributed by atoms with Gasteiger partial charge in [-0.3, -0.25) is 24.2 Å². The second-order valence-electron chi connectivity index (χ2n) is 7.56. The molecule has 0 saturated carbocycles. The van der Waals surface area contributed by atoms with E-state index in [1.165, 1.54) is 7.05 Å². The molecular formula is C19H34N3O7P. The van der Waals surface area contributed by atoms with Crippen LogP contribution in [0.5, 0.6) is 0 Å². The molecule has 2 atom stereocenters. The maximum atomic E-state index is 14.5. The quantitative estimate of drug-likeness (QED) is 0.232. The van der Waals surface area contributed by atoms with Gasteiger partial charge >= 0.3 is 11.9 Å². The Labute approximate surface area is 177 Å². The minimum atomic E-state index is -3.36. The Kier molecular flexibility index (Phi) is 9.28. The van der Waals surface area contributed by atoms with Crippen LogP contribution < -0.4 is 0 Å². The van der Waals surface area contributed by atoms with Crippen molar-refractivity contribution in [3.05, 3.63) is 0 Å².